The second-order valence-electron chi connectivity index (χ2n) is 3.85. The number of rotatable bonds is 5. The molecule has 2 aromatic heterocycles. The number of nitrogens with one attached hydrogen (secondary N) is 2. The van der Waals surface area contributed by atoms with Gasteiger partial charge in [0.25, 0.3) is 5.91 Å². The van der Waals surface area contributed by atoms with Crippen LogP contribution in [0.3, 0.4) is 0 Å². The van der Waals surface area contributed by atoms with Gasteiger partial charge in [0.2, 0.25) is 5.88 Å². The van der Waals surface area contributed by atoms with E-state index in [0.29, 0.717) is 23.9 Å². The van der Waals surface area contributed by atoms with Crippen LogP contribution in [0.5, 0.6) is 5.88 Å². The van der Waals surface area contributed by atoms with E-state index in [1.807, 2.05) is 13.8 Å². The third-order valence-corrected chi connectivity index (χ3v) is 2.49. The van der Waals surface area contributed by atoms with Crippen molar-refractivity contribution in [2.24, 2.45) is 0 Å². The number of carbonyl (C=O) groups excluding carboxylic acids is 1. The normalized spacial score (nSPS) is 11.9. The quantitative estimate of drug-likeness (QED) is 0.840. The van der Waals surface area contributed by atoms with Crippen LogP contribution >= 0.6 is 0 Å². The molecule has 0 radical (unpaired) electrons. The van der Waals surface area contributed by atoms with Crippen LogP contribution in [-0.2, 0) is 0 Å². The highest BCUT2D eigenvalue weighted by atomic mass is 16.5. The summed E-state index contributed by atoms with van der Waals surface area (Å²) in [6.45, 7) is 4.11. The Kier molecular flexibility index (Phi) is 4.07. The largest absolute Gasteiger partial charge is 0.477 e. The smallest absolute Gasteiger partial charge is 0.257 e. The molecule has 0 bridgehead atoms. The van der Waals surface area contributed by atoms with Gasteiger partial charge in [0.15, 0.2) is 0 Å². The zero-order valence-electron chi connectivity index (χ0n) is 10.8. The van der Waals surface area contributed by atoms with E-state index in [-0.39, 0.29) is 11.9 Å². The van der Waals surface area contributed by atoms with Crippen molar-refractivity contribution in [3.63, 3.8) is 0 Å². The van der Waals surface area contributed by atoms with Crippen LogP contribution in [0.2, 0.25) is 0 Å². The third-order valence-electron chi connectivity index (χ3n) is 2.49. The topological polar surface area (TPSA) is 92.8 Å². The molecule has 0 aliphatic rings. The van der Waals surface area contributed by atoms with Crippen molar-refractivity contribution in [3.05, 3.63) is 36.0 Å². The molecule has 0 fully saturated rings. The maximum Gasteiger partial charge on any atom is 0.257 e. The highest BCUT2D eigenvalue weighted by molar-refractivity contribution is 5.96. The highest BCUT2D eigenvalue weighted by Crippen LogP contribution is 2.15. The van der Waals surface area contributed by atoms with Crippen LogP contribution in [-0.4, -0.2) is 32.7 Å². The Balaban J connectivity index is 2.11. The van der Waals surface area contributed by atoms with Crippen LogP contribution < -0.4 is 10.1 Å². The zero-order chi connectivity index (χ0) is 13.7. The van der Waals surface area contributed by atoms with E-state index in [2.05, 4.69) is 25.5 Å². The van der Waals surface area contributed by atoms with E-state index in [4.69, 9.17) is 4.74 Å². The molecule has 2 N–H and O–H groups in total. The van der Waals surface area contributed by atoms with Gasteiger partial charge >= 0.3 is 0 Å². The Hall–Kier alpha value is -2.44. The Morgan fingerprint density at radius 1 is 1.53 bits per heavy atom. The maximum atomic E-state index is 12.2. The van der Waals surface area contributed by atoms with Gasteiger partial charge in [-0.05, 0) is 26.0 Å². The van der Waals surface area contributed by atoms with Crippen LogP contribution in [0.15, 0.2) is 24.7 Å². The molecule has 1 amide bonds. The molecule has 7 heteroatoms. The van der Waals surface area contributed by atoms with Gasteiger partial charge in [-0.25, -0.2) is 9.97 Å². The van der Waals surface area contributed by atoms with Crippen molar-refractivity contribution in [2.75, 3.05) is 6.61 Å². The number of ether oxygens (including phenoxy) is 1. The molecule has 2 heterocycles. The summed E-state index contributed by atoms with van der Waals surface area (Å²) < 4.78 is 5.32. The molecule has 2 aromatic rings. The number of pyridine rings is 1. The van der Waals surface area contributed by atoms with E-state index in [0.717, 1.165) is 0 Å². The summed E-state index contributed by atoms with van der Waals surface area (Å²) in [5, 5.41) is 9.26. The average Bonchev–Trinajstić information content (AvgIpc) is 2.93. The SMILES string of the molecule is CCOc1ncccc1C(=O)NC(C)c1ncn[nH]1. The number of aromatic amines is 1. The second kappa shape index (κ2) is 5.94. The summed E-state index contributed by atoms with van der Waals surface area (Å²) in [4.78, 5) is 20.2. The van der Waals surface area contributed by atoms with Crippen molar-refractivity contribution in [1.29, 1.82) is 0 Å². The Morgan fingerprint density at radius 3 is 3.05 bits per heavy atom. The summed E-state index contributed by atoms with van der Waals surface area (Å²) in [7, 11) is 0. The summed E-state index contributed by atoms with van der Waals surface area (Å²) in [6.07, 6.45) is 2.98. The van der Waals surface area contributed by atoms with Gasteiger partial charge in [-0.3, -0.25) is 9.89 Å². The average molecular weight is 261 g/mol. The van der Waals surface area contributed by atoms with Gasteiger partial charge in [-0.15, -0.1) is 0 Å². The Bertz CT molecular complexity index is 541. The predicted octanol–water partition coefficient (Wildman–Crippen LogP) is 1.09. The number of H-pyrrole nitrogens is 1. The molecule has 2 rings (SSSR count). The number of nitrogens with zero attached hydrogens (tertiary/aromatic N) is 3. The molecule has 7 nitrogen and oxygen atoms in total. The first-order valence-electron chi connectivity index (χ1n) is 5.96. The zero-order valence-corrected chi connectivity index (χ0v) is 10.8. The van der Waals surface area contributed by atoms with Crippen molar-refractivity contribution in [1.82, 2.24) is 25.5 Å². The van der Waals surface area contributed by atoms with Crippen LogP contribution in [0.4, 0.5) is 0 Å². The van der Waals surface area contributed by atoms with Crippen molar-refractivity contribution >= 4 is 5.91 Å². The van der Waals surface area contributed by atoms with Gasteiger partial charge in [-0.1, -0.05) is 0 Å². The van der Waals surface area contributed by atoms with Gasteiger partial charge in [0.1, 0.15) is 17.7 Å². The van der Waals surface area contributed by atoms with Gasteiger partial charge < -0.3 is 10.1 Å². The van der Waals surface area contributed by atoms with Crippen LogP contribution in [0, 0.1) is 0 Å². The predicted molar refractivity (Wildman–Crippen MR) is 67.7 cm³/mol. The fourth-order valence-electron chi connectivity index (χ4n) is 1.58. The van der Waals surface area contributed by atoms with E-state index >= 15 is 0 Å². The van der Waals surface area contributed by atoms with E-state index in [9.17, 15) is 4.79 Å². The molecular weight excluding hydrogens is 246 g/mol. The number of hydrogen-bond acceptors (Lipinski definition) is 5. The second-order valence-corrected chi connectivity index (χ2v) is 3.85. The standard InChI is InChI=1S/C12H15N5O2/c1-3-19-12-9(5-4-6-13-12)11(18)16-8(2)10-14-7-15-17-10/h4-8H,3H2,1-2H3,(H,16,18)(H,14,15,17). The number of amides is 1. The van der Waals surface area contributed by atoms with E-state index in [1.165, 1.54) is 6.33 Å². The molecule has 100 valence electrons. The minimum absolute atomic E-state index is 0.263. The minimum Gasteiger partial charge on any atom is -0.477 e. The van der Waals surface area contributed by atoms with E-state index < -0.39 is 0 Å². The monoisotopic (exact) mass is 261 g/mol. The Labute approximate surface area is 110 Å². The lowest BCUT2D eigenvalue weighted by atomic mass is 10.2. The van der Waals surface area contributed by atoms with Crippen molar-refractivity contribution in [3.8, 4) is 5.88 Å². The van der Waals surface area contributed by atoms with Crippen molar-refractivity contribution < 1.29 is 9.53 Å². The third kappa shape index (κ3) is 3.06. The number of aromatic nitrogens is 4. The Morgan fingerprint density at radius 2 is 2.37 bits per heavy atom. The molecule has 0 saturated carbocycles. The fourth-order valence-corrected chi connectivity index (χ4v) is 1.58. The molecule has 0 aliphatic carbocycles. The molecule has 0 aliphatic heterocycles. The highest BCUT2D eigenvalue weighted by Gasteiger charge is 2.17. The molecule has 0 aromatic carbocycles. The van der Waals surface area contributed by atoms with Gasteiger partial charge in [-0.2, -0.15) is 5.10 Å². The first kappa shape index (κ1) is 13.0. The van der Waals surface area contributed by atoms with E-state index in [1.54, 1.807) is 18.3 Å². The molecule has 1 unspecified atom stereocenters. The van der Waals surface area contributed by atoms with Crippen LogP contribution in [0.25, 0.3) is 0 Å². The van der Waals surface area contributed by atoms with Crippen molar-refractivity contribution in [2.45, 2.75) is 19.9 Å². The summed E-state index contributed by atoms with van der Waals surface area (Å²) in [6, 6.07) is 3.08. The van der Waals surface area contributed by atoms with Crippen LogP contribution in [0.1, 0.15) is 36.1 Å². The molecule has 1 atom stereocenters. The lowest BCUT2D eigenvalue weighted by Crippen LogP contribution is -2.28. The fraction of sp³-hybridized carbons (Fsp3) is 0.333. The summed E-state index contributed by atoms with van der Waals surface area (Å²) in [5.74, 6) is 0.655. The molecular formula is C12H15N5O2. The summed E-state index contributed by atoms with van der Waals surface area (Å²) in [5.41, 5.74) is 0.399. The van der Waals surface area contributed by atoms with Gasteiger partial charge in [0, 0.05) is 6.20 Å². The molecule has 0 saturated heterocycles. The molecule has 19 heavy (non-hydrogen) atoms. The summed E-state index contributed by atoms with van der Waals surface area (Å²) >= 11 is 0. The minimum atomic E-state index is -0.273. The lowest BCUT2D eigenvalue weighted by molar-refractivity contribution is 0.0933. The lowest BCUT2D eigenvalue weighted by Gasteiger charge is -2.12. The number of carbonyl (C=O) groups is 1. The number of hydrogen-bond donors (Lipinski definition) is 2. The first-order chi connectivity index (χ1) is 9.22. The van der Waals surface area contributed by atoms with Gasteiger partial charge in [0.05, 0.1) is 12.6 Å². The maximum absolute atomic E-state index is 12.2. The molecule has 0 spiro atoms. The first-order valence-corrected chi connectivity index (χ1v) is 5.96.